The number of benzene rings is 2. The summed E-state index contributed by atoms with van der Waals surface area (Å²) in [6.45, 7) is 1.87. The average molecular weight is 403 g/mol. The highest BCUT2D eigenvalue weighted by Gasteiger charge is 2.21. The third kappa shape index (κ3) is 4.56. The molecule has 0 fully saturated rings. The van der Waals surface area contributed by atoms with Gasteiger partial charge in [-0.15, -0.1) is 0 Å². The lowest BCUT2D eigenvalue weighted by molar-refractivity contribution is 0.0975. The van der Waals surface area contributed by atoms with Gasteiger partial charge in [-0.1, -0.05) is 47.5 Å². The first-order valence-electron chi connectivity index (χ1n) is 8.28. The molecule has 3 aromatic rings. The van der Waals surface area contributed by atoms with Crippen molar-refractivity contribution in [2.75, 3.05) is 6.61 Å². The Morgan fingerprint density at radius 1 is 1.00 bits per heavy atom. The molecule has 0 aliphatic carbocycles. The van der Waals surface area contributed by atoms with E-state index in [0.29, 0.717) is 15.7 Å². The molecule has 5 nitrogen and oxygen atoms in total. The molecule has 0 atom stereocenters. The number of ether oxygens (including phenoxy) is 1. The van der Waals surface area contributed by atoms with E-state index in [-0.39, 0.29) is 24.5 Å². The Morgan fingerprint density at radius 3 is 2.19 bits per heavy atom. The second-order valence-electron chi connectivity index (χ2n) is 5.76. The molecule has 0 radical (unpaired) electrons. The molecule has 0 saturated heterocycles. The molecule has 3 rings (SSSR count). The summed E-state index contributed by atoms with van der Waals surface area (Å²) in [5, 5.41) is 5.44. The van der Waals surface area contributed by atoms with Gasteiger partial charge in [0.15, 0.2) is 5.78 Å². The minimum atomic E-state index is -0.697. The standard InChI is InChI=1S/C20H16Cl2N2O3/c1-2-27-20(26)24-18(19(25)11-13-3-7-15(21)8-4-13)12-17(23-24)14-5-9-16(22)10-6-14/h3-10,12H,2,11H2,1H3. The Kier molecular flexibility index (Phi) is 5.94. The van der Waals surface area contributed by atoms with E-state index in [1.807, 2.05) is 0 Å². The molecule has 7 heteroatoms. The number of ketones is 1. The van der Waals surface area contributed by atoms with Crippen LogP contribution in [-0.4, -0.2) is 28.3 Å². The molecule has 2 aromatic carbocycles. The molecule has 0 amide bonds. The van der Waals surface area contributed by atoms with Crippen molar-refractivity contribution in [1.29, 1.82) is 0 Å². The van der Waals surface area contributed by atoms with Gasteiger partial charge in [0.2, 0.25) is 0 Å². The summed E-state index contributed by atoms with van der Waals surface area (Å²) in [7, 11) is 0. The second-order valence-corrected chi connectivity index (χ2v) is 6.63. The van der Waals surface area contributed by atoms with Gasteiger partial charge in [0, 0.05) is 22.0 Å². The van der Waals surface area contributed by atoms with Crippen molar-refractivity contribution in [3.8, 4) is 11.3 Å². The van der Waals surface area contributed by atoms with E-state index in [4.69, 9.17) is 27.9 Å². The van der Waals surface area contributed by atoms with E-state index >= 15 is 0 Å². The SMILES string of the molecule is CCOC(=O)n1nc(-c2ccc(Cl)cc2)cc1C(=O)Cc1ccc(Cl)cc1. The van der Waals surface area contributed by atoms with Crippen LogP contribution in [0.3, 0.4) is 0 Å². The zero-order chi connectivity index (χ0) is 19.4. The zero-order valence-electron chi connectivity index (χ0n) is 14.5. The van der Waals surface area contributed by atoms with E-state index in [1.54, 1.807) is 61.5 Å². The lowest BCUT2D eigenvalue weighted by Gasteiger charge is -2.05. The van der Waals surface area contributed by atoms with E-state index in [0.717, 1.165) is 15.8 Å². The van der Waals surface area contributed by atoms with Crippen molar-refractivity contribution in [2.24, 2.45) is 0 Å². The van der Waals surface area contributed by atoms with Crippen LogP contribution in [0.25, 0.3) is 11.3 Å². The number of hydrogen-bond acceptors (Lipinski definition) is 4. The minimum absolute atomic E-state index is 0.113. The van der Waals surface area contributed by atoms with Crippen molar-refractivity contribution in [3.05, 3.63) is 75.9 Å². The molecule has 0 aliphatic rings. The summed E-state index contributed by atoms with van der Waals surface area (Å²) in [5.74, 6) is -0.252. The Hall–Kier alpha value is -2.63. The summed E-state index contributed by atoms with van der Waals surface area (Å²) < 4.78 is 6.03. The first kappa shape index (κ1) is 19.1. The second kappa shape index (κ2) is 8.37. The van der Waals surface area contributed by atoms with Crippen LogP contribution in [0.5, 0.6) is 0 Å². The fourth-order valence-corrected chi connectivity index (χ4v) is 2.80. The van der Waals surface area contributed by atoms with E-state index in [1.165, 1.54) is 0 Å². The van der Waals surface area contributed by atoms with Gasteiger partial charge in [0.05, 0.1) is 12.3 Å². The molecule has 0 aliphatic heterocycles. The molecule has 27 heavy (non-hydrogen) atoms. The lowest BCUT2D eigenvalue weighted by Crippen LogP contribution is -2.21. The van der Waals surface area contributed by atoms with E-state index < -0.39 is 6.09 Å². The van der Waals surface area contributed by atoms with Gasteiger partial charge in [-0.25, -0.2) is 4.79 Å². The smallest absolute Gasteiger partial charge is 0.435 e. The van der Waals surface area contributed by atoms with Crippen LogP contribution in [0.15, 0.2) is 54.6 Å². The summed E-state index contributed by atoms with van der Waals surface area (Å²) in [6.07, 6.45) is -0.584. The first-order valence-corrected chi connectivity index (χ1v) is 9.04. The molecule has 0 N–H and O–H groups in total. The number of hydrogen-bond donors (Lipinski definition) is 0. The zero-order valence-corrected chi connectivity index (χ0v) is 16.0. The molecule has 0 saturated carbocycles. The summed E-state index contributed by atoms with van der Waals surface area (Å²) in [4.78, 5) is 25.1. The summed E-state index contributed by atoms with van der Waals surface area (Å²) in [5.41, 5.74) is 2.17. The Morgan fingerprint density at radius 2 is 1.59 bits per heavy atom. The highest BCUT2D eigenvalue weighted by Crippen LogP contribution is 2.23. The van der Waals surface area contributed by atoms with E-state index in [9.17, 15) is 9.59 Å². The highest BCUT2D eigenvalue weighted by atomic mass is 35.5. The molecule has 1 aromatic heterocycles. The van der Waals surface area contributed by atoms with Crippen molar-refractivity contribution in [1.82, 2.24) is 9.78 Å². The maximum absolute atomic E-state index is 12.8. The Balaban J connectivity index is 1.96. The van der Waals surface area contributed by atoms with Gasteiger partial charge < -0.3 is 4.74 Å². The largest absolute Gasteiger partial charge is 0.448 e. The number of aromatic nitrogens is 2. The normalized spacial score (nSPS) is 10.6. The Labute approximate surface area is 166 Å². The lowest BCUT2D eigenvalue weighted by atomic mass is 10.1. The number of nitrogens with zero attached hydrogens (tertiary/aromatic N) is 2. The van der Waals surface area contributed by atoms with Gasteiger partial charge in [0.1, 0.15) is 5.69 Å². The van der Waals surface area contributed by atoms with Gasteiger partial charge in [-0.3, -0.25) is 4.79 Å². The molecule has 1 heterocycles. The van der Waals surface area contributed by atoms with Crippen LogP contribution in [-0.2, 0) is 11.2 Å². The molecule has 0 spiro atoms. The van der Waals surface area contributed by atoms with E-state index in [2.05, 4.69) is 5.10 Å². The molecule has 138 valence electrons. The third-order valence-electron chi connectivity index (χ3n) is 3.85. The number of halogens is 2. The minimum Gasteiger partial charge on any atom is -0.448 e. The number of rotatable bonds is 5. The van der Waals surface area contributed by atoms with Gasteiger partial charge in [-0.05, 0) is 42.8 Å². The predicted molar refractivity (Wildman–Crippen MR) is 105 cm³/mol. The molecular formula is C20H16Cl2N2O3. The van der Waals surface area contributed by atoms with Gasteiger partial charge >= 0.3 is 6.09 Å². The maximum Gasteiger partial charge on any atom is 0.435 e. The average Bonchev–Trinajstić information content (AvgIpc) is 3.10. The number of carbonyl (C=O) groups excluding carboxylic acids is 2. The van der Waals surface area contributed by atoms with Crippen LogP contribution in [0.2, 0.25) is 10.0 Å². The van der Waals surface area contributed by atoms with Crippen LogP contribution in [0.1, 0.15) is 23.0 Å². The van der Waals surface area contributed by atoms with Crippen LogP contribution in [0.4, 0.5) is 4.79 Å². The topological polar surface area (TPSA) is 61.2 Å². The fraction of sp³-hybridized carbons (Fsp3) is 0.150. The third-order valence-corrected chi connectivity index (χ3v) is 4.36. The van der Waals surface area contributed by atoms with Crippen LogP contribution in [0, 0.1) is 0 Å². The number of carbonyl (C=O) groups is 2. The van der Waals surface area contributed by atoms with Crippen molar-refractivity contribution in [3.63, 3.8) is 0 Å². The summed E-state index contributed by atoms with van der Waals surface area (Å²) in [6, 6.07) is 15.5. The highest BCUT2D eigenvalue weighted by molar-refractivity contribution is 6.30. The molecular weight excluding hydrogens is 387 g/mol. The van der Waals surface area contributed by atoms with Crippen LogP contribution < -0.4 is 0 Å². The molecule has 0 bridgehead atoms. The predicted octanol–water partition coefficient (Wildman–Crippen LogP) is 5.29. The van der Waals surface area contributed by atoms with Crippen molar-refractivity contribution >= 4 is 35.1 Å². The van der Waals surface area contributed by atoms with Crippen molar-refractivity contribution < 1.29 is 14.3 Å². The molecule has 0 unspecified atom stereocenters. The van der Waals surface area contributed by atoms with Crippen molar-refractivity contribution in [2.45, 2.75) is 13.3 Å². The van der Waals surface area contributed by atoms with Gasteiger partial charge in [0.25, 0.3) is 0 Å². The number of Topliss-reactive ketones (excluding diaryl/α,β-unsaturated/α-hetero) is 1. The summed E-state index contributed by atoms with van der Waals surface area (Å²) >= 11 is 11.8. The fourth-order valence-electron chi connectivity index (χ4n) is 2.54. The van der Waals surface area contributed by atoms with Crippen LogP contribution >= 0.6 is 23.2 Å². The maximum atomic E-state index is 12.8. The first-order chi connectivity index (χ1) is 13.0. The van der Waals surface area contributed by atoms with Gasteiger partial charge in [-0.2, -0.15) is 9.78 Å². The Bertz CT molecular complexity index is 964. The monoisotopic (exact) mass is 402 g/mol. The quantitative estimate of drug-likeness (QED) is 0.544.